The number of pyridine rings is 1. The maximum Gasteiger partial charge on any atom is 0.216 e. The van der Waals surface area contributed by atoms with Crippen LogP contribution in [-0.2, 0) is 4.74 Å². The summed E-state index contributed by atoms with van der Waals surface area (Å²) in [5.74, 6) is 0.640. The molecule has 3 heterocycles. The Kier molecular flexibility index (Phi) is 5.28. The Morgan fingerprint density at radius 2 is 1.86 bits per heavy atom. The molecule has 3 aromatic rings. The zero-order valence-corrected chi connectivity index (χ0v) is 17.5. The summed E-state index contributed by atoms with van der Waals surface area (Å²) in [5, 5.41) is 7.03. The molecule has 1 saturated heterocycles. The van der Waals surface area contributed by atoms with E-state index in [9.17, 15) is 0 Å². The number of rotatable bonds is 4. The lowest BCUT2D eigenvalue weighted by molar-refractivity contribution is 0.0986. The van der Waals surface area contributed by atoms with Gasteiger partial charge in [-0.15, -0.1) is 0 Å². The second kappa shape index (κ2) is 7.87. The molecule has 29 heavy (non-hydrogen) atoms. The Morgan fingerprint density at radius 1 is 1.10 bits per heavy atom. The van der Waals surface area contributed by atoms with E-state index in [1.807, 2.05) is 32.9 Å². The summed E-state index contributed by atoms with van der Waals surface area (Å²) in [6.45, 7) is 10.6. The van der Waals surface area contributed by atoms with Gasteiger partial charge in [-0.1, -0.05) is 24.3 Å². The first-order valence-electron chi connectivity index (χ1n) is 10.0. The Bertz CT molecular complexity index is 946. The van der Waals surface area contributed by atoms with Gasteiger partial charge < -0.3 is 14.4 Å². The number of aromatic amines is 1. The van der Waals surface area contributed by atoms with Crippen molar-refractivity contribution >= 4 is 5.69 Å². The van der Waals surface area contributed by atoms with Crippen LogP contribution in [0.15, 0.2) is 48.7 Å². The minimum atomic E-state index is -0.315. The molecule has 6 nitrogen and oxygen atoms in total. The van der Waals surface area contributed by atoms with Gasteiger partial charge in [-0.2, -0.15) is 5.10 Å². The van der Waals surface area contributed by atoms with Crippen molar-refractivity contribution in [3.8, 4) is 28.4 Å². The molecule has 0 radical (unpaired) electrons. The van der Waals surface area contributed by atoms with Crippen LogP contribution in [0.1, 0.15) is 27.7 Å². The molecule has 152 valence electrons. The number of hydrogen-bond donors (Lipinski definition) is 1. The second-order valence-electron chi connectivity index (χ2n) is 8.43. The molecule has 1 fully saturated rings. The number of morpholine rings is 1. The number of aromatic nitrogens is 3. The van der Waals surface area contributed by atoms with Crippen molar-refractivity contribution in [3.05, 3.63) is 48.7 Å². The Balaban J connectivity index is 1.71. The number of benzene rings is 1. The molecule has 2 aromatic heterocycles. The van der Waals surface area contributed by atoms with Crippen molar-refractivity contribution in [2.45, 2.75) is 39.3 Å². The molecule has 1 N–H and O–H groups in total. The van der Waals surface area contributed by atoms with E-state index in [0.717, 1.165) is 48.0 Å². The molecule has 1 aromatic carbocycles. The standard InChI is InChI=1S/C23H28N4O2/c1-16-15-28-12-11-27(16)19-13-21(25-22(14-19)29-23(2,3)4)18-7-5-17(6-8-18)20-9-10-24-26-20/h5-10,13-14,16H,11-12,15H2,1-4H3,(H,24,26). The summed E-state index contributed by atoms with van der Waals surface area (Å²) in [6, 6.07) is 14.8. The summed E-state index contributed by atoms with van der Waals surface area (Å²) in [5.41, 5.74) is 4.84. The van der Waals surface area contributed by atoms with Gasteiger partial charge in [0, 0.05) is 36.1 Å². The number of hydrogen-bond acceptors (Lipinski definition) is 5. The van der Waals surface area contributed by atoms with E-state index in [2.05, 4.69) is 52.4 Å². The Morgan fingerprint density at radius 3 is 2.52 bits per heavy atom. The SMILES string of the molecule is CC1COCCN1c1cc(OC(C)(C)C)nc(-c2ccc(-c3ccn[nH]3)cc2)c1. The molecule has 1 unspecified atom stereocenters. The molecular formula is C23H28N4O2. The third-order valence-electron chi connectivity index (χ3n) is 4.89. The highest BCUT2D eigenvalue weighted by molar-refractivity contribution is 5.70. The molecule has 1 aliphatic heterocycles. The number of H-pyrrole nitrogens is 1. The smallest absolute Gasteiger partial charge is 0.216 e. The lowest BCUT2D eigenvalue weighted by Gasteiger charge is -2.35. The molecule has 0 bridgehead atoms. The monoisotopic (exact) mass is 392 g/mol. The fourth-order valence-corrected chi connectivity index (χ4v) is 3.52. The minimum Gasteiger partial charge on any atom is -0.472 e. The molecule has 6 heteroatoms. The number of anilines is 1. The van der Waals surface area contributed by atoms with Crippen molar-refractivity contribution < 1.29 is 9.47 Å². The summed E-state index contributed by atoms with van der Waals surface area (Å²) in [4.78, 5) is 7.17. The summed E-state index contributed by atoms with van der Waals surface area (Å²) >= 11 is 0. The Hall–Kier alpha value is -2.86. The molecule has 0 saturated carbocycles. The third kappa shape index (κ3) is 4.59. The van der Waals surface area contributed by atoms with Crippen molar-refractivity contribution in [2.24, 2.45) is 0 Å². The van der Waals surface area contributed by atoms with Gasteiger partial charge in [-0.3, -0.25) is 5.10 Å². The van der Waals surface area contributed by atoms with Crippen molar-refractivity contribution in [1.82, 2.24) is 15.2 Å². The molecule has 4 rings (SSSR count). The molecular weight excluding hydrogens is 364 g/mol. The third-order valence-corrected chi connectivity index (χ3v) is 4.89. The topological polar surface area (TPSA) is 63.3 Å². The van der Waals surface area contributed by atoms with Gasteiger partial charge in [0.25, 0.3) is 0 Å². The van der Waals surface area contributed by atoms with Crippen LogP contribution in [0.4, 0.5) is 5.69 Å². The van der Waals surface area contributed by atoms with Crippen LogP contribution in [0.3, 0.4) is 0 Å². The lowest BCUT2D eigenvalue weighted by Crippen LogP contribution is -2.43. The van der Waals surface area contributed by atoms with Crippen LogP contribution in [-0.4, -0.2) is 46.6 Å². The van der Waals surface area contributed by atoms with Crippen LogP contribution in [0.5, 0.6) is 5.88 Å². The van der Waals surface area contributed by atoms with Gasteiger partial charge in [-0.25, -0.2) is 4.98 Å². The van der Waals surface area contributed by atoms with Gasteiger partial charge >= 0.3 is 0 Å². The van der Waals surface area contributed by atoms with Gasteiger partial charge in [0.15, 0.2) is 0 Å². The minimum absolute atomic E-state index is 0.309. The molecule has 0 aliphatic carbocycles. The number of nitrogens with zero attached hydrogens (tertiary/aromatic N) is 3. The first-order chi connectivity index (χ1) is 13.9. The largest absolute Gasteiger partial charge is 0.472 e. The first kappa shape index (κ1) is 19.5. The van der Waals surface area contributed by atoms with Crippen LogP contribution < -0.4 is 9.64 Å². The van der Waals surface area contributed by atoms with Gasteiger partial charge in [0.05, 0.1) is 24.6 Å². The first-order valence-corrected chi connectivity index (χ1v) is 10.0. The van der Waals surface area contributed by atoms with Crippen molar-refractivity contribution in [1.29, 1.82) is 0 Å². The second-order valence-corrected chi connectivity index (χ2v) is 8.43. The fraction of sp³-hybridized carbons (Fsp3) is 0.391. The van der Waals surface area contributed by atoms with E-state index in [1.165, 1.54) is 0 Å². The van der Waals surface area contributed by atoms with Crippen molar-refractivity contribution in [2.75, 3.05) is 24.7 Å². The molecule has 0 amide bonds. The molecule has 1 atom stereocenters. The van der Waals surface area contributed by atoms with E-state index in [4.69, 9.17) is 14.5 Å². The summed E-state index contributed by atoms with van der Waals surface area (Å²) < 4.78 is 11.7. The highest BCUT2D eigenvalue weighted by atomic mass is 16.5. The van der Waals surface area contributed by atoms with E-state index in [0.29, 0.717) is 11.9 Å². The van der Waals surface area contributed by atoms with Gasteiger partial charge in [-0.05, 0) is 45.4 Å². The zero-order chi connectivity index (χ0) is 20.4. The Labute approximate surface area is 171 Å². The average molecular weight is 393 g/mol. The van der Waals surface area contributed by atoms with Gasteiger partial charge in [0.1, 0.15) is 5.60 Å². The van der Waals surface area contributed by atoms with E-state index in [-0.39, 0.29) is 5.60 Å². The molecule has 0 spiro atoms. The maximum absolute atomic E-state index is 6.13. The predicted molar refractivity (Wildman–Crippen MR) is 115 cm³/mol. The van der Waals surface area contributed by atoms with E-state index < -0.39 is 0 Å². The highest BCUT2D eigenvalue weighted by Gasteiger charge is 2.22. The molecule has 1 aliphatic rings. The maximum atomic E-state index is 6.13. The predicted octanol–water partition coefficient (Wildman–Crippen LogP) is 4.54. The summed E-state index contributed by atoms with van der Waals surface area (Å²) in [6.07, 6.45) is 1.76. The number of nitrogens with one attached hydrogen (secondary N) is 1. The van der Waals surface area contributed by atoms with E-state index in [1.54, 1.807) is 6.20 Å². The zero-order valence-electron chi connectivity index (χ0n) is 17.5. The quantitative estimate of drug-likeness (QED) is 0.706. The average Bonchev–Trinajstić information content (AvgIpc) is 3.22. The number of ether oxygens (including phenoxy) is 2. The van der Waals surface area contributed by atoms with Gasteiger partial charge in [0.2, 0.25) is 5.88 Å². The fourth-order valence-electron chi connectivity index (χ4n) is 3.52. The van der Waals surface area contributed by atoms with E-state index >= 15 is 0 Å². The van der Waals surface area contributed by atoms with Crippen LogP contribution in [0, 0.1) is 0 Å². The van der Waals surface area contributed by atoms with Crippen LogP contribution in [0.2, 0.25) is 0 Å². The normalized spacial score (nSPS) is 17.4. The summed E-state index contributed by atoms with van der Waals surface area (Å²) in [7, 11) is 0. The lowest BCUT2D eigenvalue weighted by atomic mass is 10.1. The van der Waals surface area contributed by atoms with Crippen LogP contribution >= 0.6 is 0 Å². The van der Waals surface area contributed by atoms with Crippen molar-refractivity contribution in [3.63, 3.8) is 0 Å². The van der Waals surface area contributed by atoms with Crippen LogP contribution in [0.25, 0.3) is 22.5 Å². The highest BCUT2D eigenvalue weighted by Crippen LogP contribution is 2.31.